The van der Waals surface area contributed by atoms with Crippen LogP contribution < -0.4 is 10.6 Å². The minimum absolute atomic E-state index is 0.0499. The third-order valence-corrected chi connectivity index (χ3v) is 4.39. The van der Waals surface area contributed by atoms with E-state index in [1.807, 2.05) is 19.1 Å². The summed E-state index contributed by atoms with van der Waals surface area (Å²) in [7, 11) is 0. The number of alkyl halides is 3. The lowest BCUT2D eigenvalue weighted by molar-refractivity contribution is -0.173. The fourth-order valence-corrected chi connectivity index (χ4v) is 2.94. The molecule has 0 bridgehead atoms. The largest absolute Gasteiger partial charge is 0.411 e. The summed E-state index contributed by atoms with van der Waals surface area (Å²) in [4.78, 5) is 7.00. The first-order chi connectivity index (χ1) is 14.0. The first-order valence-electron chi connectivity index (χ1n) is 10.0. The Kier molecular flexibility index (Phi) is 10.2. The Morgan fingerprint density at radius 1 is 1.17 bits per heavy atom. The van der Waals surface area contributed by atoms with Crippen molar-refractivity contribution in [2.45, 2.75) is 32.6 Å². The molecule has 29 heavy (non-hydrogen) atoms. The van der Waals surface area contributed by atoms with Gasteiger partial charge in [-0.15, -0.1) is 0 Å². The molecule has 9 heteroatoms. The number of guanidine groups is 1. The van der Waals surface area contributed by atoms with Crippen molar-refractivity contribution in [2.24, 2.45) is 4.99 Å². The van der Waals surface area contributed by atoms with E-state index in [2.05, 4.69) is 37.4 Å². The monoisotopic (exact) mass is 416 g/mol. The molecule has 0 saturated carbocycles. The quantitative estimate of drug-likeness (QED) is 0.349. The van der Waals surface area contributed by atoms with Crippen molar-refractivity contribution in [2.75, 3.05) is 52.6 Å². The van der Waals surface area contributed by atoms with Gasteiger partial charge in [0.25, 0.3) is 0 Å². The summed E-state index contributed by atoms with van der Waals surface area (Å²) in [6.45, 7) is 6.78. The van der Waals surface area contributed by atoms with E-state index in [1.165, 1.54) is 5.56 Å². The van der Waals surface area contributed by atoms with Crippen LogP contribution in [0.2, 0.25) is 0 Å². The number of aliphatic imine (C=N–C) groups is 1. The van der Waals surface area contributed by atoms with E-state index in [4.69, 9.17) is 4.74 Å². The van der Waals surface area contributed by atoms with Crippen molar-refractivity contribution in [1.29, 1.82) is 0 Å². The molecule has 164 valence electrons. The topological polar surface area (TPSA) is 58.1 Å². The Morgan fingerprint density at radius 3 is 2.59 bits per heavy atom. The van der Waals surface area contributed by atoms with Gasteiger partial charge in [-0.1, -0.05) is 24.3 Å². The molecule has 0 radical (unpaired) electrons. The fourth-order valence-electron chi connectivity index (χ4n) is 2.94. The standard InChI is InChI=1S/C20H31F3N4O2/c1-2-24-19(25-8-5-11-29-16-20(21,22)23)26-14-17-6-3-4-7-18(17)15-27-9-12-28-13-10-27/h3-4,6-7H,2,5,8-16H2,1H3,(H2,24,25,26). The van der Waals surface area contributed by atoms with E-state index in [-0.39, 0.29) is 6.61 Å². The van der Waals surface area contributed by atoms with Crippen molar-refractivity contribution >= 4 is 5.96 Å². The van der Waals surface area contributed by atoms with Crippen molar-refractivity contribution in [1.82, 2.24) is 15.5 Å². The van der Waals surface area contributed by atoms with E-state index in [0.717, 1.165) is 38.4 Å². The lowest BCUT2D eigenvalue weighted by Gasteiger charge is -2.27. The molecular weight excluding hydrogens is 385 g/mol. The van der Waals surface area contributed by atoms with Crippen molar-refractivity contribution in [3.05, 3.63) is 35.4 Å². The zero-order chi connectivity index (χ0) is 21.0. The Morgan fingerprint density at radius 2 is 1.90 bits per heavy atom. The highest BCUT2D eigenvalue weighted by molar-refractivity contribution is 5.79. The minimum atomic E-state index is -4.28. The lowest BCUT2D eigenvalue weighted by Crippen LogP contribution is -2.38. The highest BCUT2D eigenvalue weighted by Gasteiger charge is 2.27. The Labute approximate surface area is 170 Å². The first-order valence-corrected chi connectivity index (χ1v) is 10.0. The highest BCUT2D eigenvalue weighted by Crippen LogP contribution is 2.15. The Balaban J connectivity index is 1.82. The number of morpholine rings is 1. The molecule has 2 rings (SSSR count). The molecule has 1 aromatic carbocycles. The average molecular weight is 416 g/mol. The lowest BCUT2D eigenvalue weighted by atomic mass is 10.1. The molecule has 0 atom stereocenters. The average Bonchev–Trinajstić information content (AvgIpc) is 2.69. The molecule has 1 aliphatic rings. The third-order valence-electron chi connectivity index (χ3n) is 4.39. The number of nitrogens with zero attached hydrogens (tertiary/aromatic N) is 2. The van der Waals surface area contributed by atoms with Gasteiger partial charge in [0.05, 0.1) is 19.8 Å². The van der Waals surface area contributed by atoms with Crippen LogP contribution >= 0.6 is 0 Å². The molecule has 6 nitrogen and oxygen atoms in total. The normalized spacial score (nSPS) is 16.1. The van der Waals surface area contributed by atoms with E-state index < -0.39 is 12.8 Å². The molecule has 0 amide bonds. The number of nitrogens with one attached hydrogen (secondary N) is 2. The van der Waals surface area contributed by atoms with Crippen LogP contribution in [0.5, 0.6) is 0 Å². The first kappa shape index (κ1) is 23.4. The maximum absolute atomic E-state index is 12.1. The van der Waals surface area contributed by atoms with Crippen LogP contribution in [0, 0.1) is 0 Å². The van der Waals surface area contributed by atoms with Gasteiger partial charge < -0.3 is 20.1 Å². The Bertz CT molecular complexity index is 620. The SMILES string of the molecule is CCNC(=NCc1ccccc1CN1CCOCC1)NCCCOCC(F)(F)F. The molecule has 2 N–H and O–H groups in total. The molecule has 1 aromatic rings. The minimum Gasteiger partial charge on any atom is -0.379 e. The van der Waals surface area contributed by atoms with Gasteiger partial charge in [-0.2, -0.15) is 13.2 Å². The van der Waals surface area contributed by atoms with Gasteiger partial charge in [0, 0.05) is 39.3 Å². The van der Waals surface area contributed by atoms with Gasteiger partial charge >= 0.3 is 6.18 Å². The van der Waals surface area contributed by atoms with Crippen LogP contribution in [-0.4, -0.2) is 69.6 Å². The second-order valence-electron chi connectivity index (χ2n) is 6.80. The Hall–Kier alpha value is -1.84. The summed E-state index contributed by atoms with van der Waals surface area (Å²) >= 11 is 0. The zero-order valence-corrected chi connectivity index (χ0v) is 16.9. The molecule has 1 fully saturated rings. The predicted molar refractivity (Wildman–Crippen MR) is 107 cm³/mol. The second-order valence-corrected chi connectivity index (χ2v) is 6.80. The summed E-state index contributed by atoms with van der Waals surface area (Å²) < 4.78 is 46.2. The fraction of sp³-hybridized carbons (Fsp3) is 0.650. The van der Waals surface area contributed by atoms with Crippen LogP contribution in [0.4, 0.5) is 13.2 Å². The van der Waals surface area contributed by atoms with Gasteiger partial charge in [-0.05, 0) is 24.5 Å². The zero-order valence-electron chi connectivity index (χ0n) is 16.9. The van der Waals surface area contributed by atoms with E-state index in [9.17, 15) is 13.2 Å². The maximum Gasteiger partial charge on any atom is 0.411 e. The summed E-state index contributed by atoms with van der Waals surface area (Å²) in [6, 6.07) is 8.24. The smallest absolute Gasteiger partial charge is 0.379 e. The number of ether oxygens (including phenoxy) is 2. The number of halogens is 3. The predicted octanol–water partition coefficient (Wildman–Crippen LogP) is 2.54. The molecule has 1 aliphatic heterocycles. The molecule has 0 unspecified atom stereocenters. The van der Waals surface area contributed by atoms with Gasteiger partial charge in [-0.25, -0.2) is 4.99 Å². The third kappa shape index (κ3) is 9.96. The molecule has 1 heterocycles. The van der Waals surface area contributed by atoms with Crippen LogP contribution in [-0.2, 0) is 22.6 Å². The van der Waals surface area contributed by atoms with Crippen molar-refractivity contribution < 1.29 is 22.6 Å². The summed E-state index contributed by atoms with van der Waals surface area (Å²) in [5.74, 6) is 0.643. The number of benzene rings is 1. The second kappa shape index (κ2) is 12.7. The van der Waals surface area contributed by atoms with Crippen molar-refractivity contribution in [3.63, 3.8) is 0 Å². The molecule has 0 spiro atoms. The number of rotatable bonds is 10. The van der Waals surface area contributed by atoms with E-state index in [0.29, 0.717) is 32.0 Å². The summed E-state index contributed by atoms with van der Waals surface area (Å²) in [5.41, 5.74) is 2.40. The van der Waals surface area contributed by atoms with Crippen molar-refractivity contribution in [3.8, 4) is 0 Å². The van der Waals surface area contributed by atoms with Gasteiger partial charge in [-0.3, -0.25) is 4.90 Å². The molecule has 0 aliphatic carbocycles. The van der Waals surface area contributed by atoms with Gasteiger partial charge in [0.15, 0.2) is 5.96 Å². The van der Waals surface area contributed by atoms with Gasteiger partial charge in [0.1, 0.15) is 6.61 Å². The van der Waals surface area contributed by atoms with Crippen LogP contribution in [0.3, 0.4) is 0 Å². The van der Waals surface area contributed by atoms with Crippen LogP contribution in [0.25, 0.3) is 0 Å². The highest BCUT2D eigenvalue weighted by atomic mass is 19.4. The van der Waals surface area contributed by atoms with E-state index >= 15 is 0 Å². The summed E-state index contributed by atoms with van der Waals surface area (Å²) in [6.07, 6.45) is -3.81. The molecule has 1 saturated heterocycles. The summed E-state index contributed by atoms with van der Waals surface area (Å²) in [5, 5.41) is 6.30. The van der Waals surface area contributed by atoms with E-state index in [1.54, 1.807) is 0 Å². The number of hydrogen-bond acceptors (Lipinski definition) is 4. The molecular formula is C20H31F3N4O2. The number of hydrogen-bond donors (Lipinski definition) is 2. The van der Waals surface area contributed by atoms with Crippen LogP contribution in [0.15, 0.2) is 29.3 Å². The maximum atomic E-state index is 12.1. The molecule has 0 aromatic heterocycles. The van der Waals surface area contributed by atoms with Gasteiger partial charge in [0.2, 0.25) is 0 Å². The van der Waals surface area contributed by atoms with Crippen LogP contribution in [0.1, 0.15) is 24.5 Å².